The van der Waals surface area contributed by atoms with Crippen LogP contribution in [0.1, 0.15) is 21.5 Å². The second kappa shape index (κ2) is 6.09. The second-order valence-corrected chi connectivity index (χ2v) is 4.43. The predicted molar refractivity (Wildman–Crippen MR) is 76.1 cm³/mol. The number of halogens is 1. The average molecular weight is 287 g/mol. The normalized spacial score (nSPS) is 9.80. The largest absolute Gasteiger partial charge is 0.457 e. The van der Waals surface area contributed by atoms with Gasteiger partial charge in [0.25, 0.3) is 0 Å². The lowest BCUT2D eigenvalue weighted by molar-refractivity contribution is 0.0472. The summed E-state index contributed by atoms with van der Waals surface area (Å²) >= 11 is 5.95. The standard InChI is InChI=1S/C15H11ClN2O2/c16-14-12(6-3-7-13(14)18)15(19)20-9-11-5-2-1-4-10(11)8-17/h1-7H,9,18H2. The number of anilines is 1. The number of carbonyl (C=O) groups is 1. The van der Waals surface area contributed by atoms with Crippen molar-refractivity contribution in [2.75, 3.05) is 5.73 Å². The molecule has 0 aromatic heterocycles. The molecule has 0 saturated carbocycles. The fourth-order valence-electron chi connectivity index (χ4n) is 1.68. The minimum Gasteiger partial charge on any atom is -0.457 e. The number of esters is 1. The quantitative estimate of drug-likeness (QED) is 0.694. The van der Waals surface area contributed by atoms with Gasteiger partial charge in [-0.15, -0.1) is 0 Å². The molecule has 0 aliphatic carbocycles. The molecule has 0 saturated heterocycles. The molecule has 0 fully saturated rings. The van der Waals surface area contributed by atoms with Gasteiger partial charge in [-0.2, -0.15) is 5.26 Å². The molecule has 2 rings (SSSR count). The summed E-state index contributed by atoms with van der Waals surface area (Å²) in [4.78, 5) is 11.9. The van der Waals surface area contributed by atoms with Gasteiger partial charge >= 0.3 is 5.97 Å². The fourth-order valence-corrected chi connectivity index (χ4v) is 1.89. The van der Waals surface area contributed by atoms with E-state index in [1.165, 1.54) is 6.07 Å². The maximum Gasteiger partial charge on any atom is 0.340 e. The van der Waals surface area contributed by atoms with Crippen molar-refractivity contribution in [3.63, 3.8) is 0 Å². The zero-order chi connectivity index (χ0) is 14.5. The van der Waals surface area contributed by atoms with Crippen LogP contribution >= 0.6 is 11.6 Å². The number of nitrogen functional groups attached to an aromatic ring is 1. The van der Waals surface area contributed by atoms with Crippen LogP contribution in [0.2, 0.25) is 5.02 Å². The van der Waals surface area contributed by atoms with E-state index in [1.54, 1.807) is 36.4 Å². The number of benzene rings is 2. The first-order valence-electron chi connectivity index (χ1n) is 5.82. The Hall–Kier alpha value is -2.51. The van der Waals surface area contributed by atoms with Gasteiger partial charge in [0.2, 0.25) is 0 Å². The van der Waals surface area contributed by atoms with Gasteiger partial charge in [-0.25, -0.2) is 4.79 Å². The second-order valence-electron chi connectivity index (χ2n) is 4.05. The molecule has 5 heteroatoms. The summed E-state index contributed by atoms with van der Waals surface area (Å²) in [5, 5.41) is 9.13. The van der Waals surface area contributed by atoms with Crippen LogP contribution in [-0.2, 0) is 11.3 Å². The molecular weight excluding hydrogens is 276 g/mol. The van der Waals surface area contributed by atoms with Gasteiger partial charge in [0.05, 0.1) is 27.9 Å². The van der Waals surface area contributed by atoms with E-state index in [9.17, 15) is 4.79 Å². The molecule has 100 valence electrons. The molecule has 0 heterocycles. The first-order chi connectivity index (χ1) is 9.63. The lowest BCUT2D eigenvalue weighted by Gasteiger charge is -2.08. The van der Waals surface area contributed by atoms with Crippen LogP contribution in [0.15, 0.2) is 42.5 Å². The zero-order valence-corrected chi connectivity index (χ0v) is 11.2. The van der Waals surface area contributed by atoms with E-state index in [-0.39, 0.29) is 17.2 Å². The maximum absolute atomic E-state index is 11.9. The number of nitrogens with two attached hydrogens (primary N) is 1. The molecule has 0 radical (unpaired) electrons. The molecule has 0 amide bonds. The van der Waals surface area contributed by atoms with E-state index in [4.69, 9.17) is 27.3 Å². The highest BCUT2D eigenvalue weighted by atomic mass is 35.5. The van der Waals surface area contributed by atoms with Gasteiger partial charge < -0.3 is 10.5 Å². The van der Waals surface area contributed by atoms with Crippen LogP contribution in [0.25, 0.3) is 0 Å². The Morgan fingerprint density at radius 1 is 1.25 bits per heavy atom. The Morgan fingerprint density at radius 2 is 2.00 bits per heavy atom. The van der Waals surface area contributed by atoms with Crippen molar-refractivity contribution in [3.05, 3.63) is 64.2 Å². The Kier molecular flexibility index (Phi) is 4.24. The van der Waals surface area contributed by atoms with Crippen molar-refractivity contribution < 1.29 is 9.53 Å². The fraction of sp³-hybridized carbons (Fsp3) is 0.0667. The molecule has 4 nitrogen and oxygen atoms in total. The third-order valence-electron chi connectivity index (χ3n) is 2.75. The SMILES string of the molecule is N#Cc1ccccc1COC(=O)c1cccc(N)c1Cl. The Bertz CT molecular complexity index is 693. The summed E-state index contributed by atoms with van der Waals surface area (Å²) in [7, 11) is 0. The minimum atomic E-state index is -0.574. The van der Waals surface area contributed by atoms with Crippen molar-refractivity contribution in [3.8, 4) is 6.07 Å². The Labute approximate surface area is 121 Å². The molecule has 0 atom stereocenters. The molecule has 0 spiro atoms. The van der Waals surface area contributed by atoms with Gasteiger partial charge in [0.15, 0.2) is 0 Å². The minimum absolute atomic E-state index is 0.00763. The third-order valence-corrected chi connectivity index (χ3v) is 3.17. The summed E-state index contributed by atoms with van der Waals surface area (Å²) in [5.74, 6) is -0.574. The topological polar surface area (TPSA) is 76.1 Å². The van der Waals surface area contributed by atoms with Crippen molar-refractivity contribution >= 4 is 23.3 Å². The summed E-state index contributed by atoms with van der Waals surface area (Å²) < 4.78 is 5.16. The van der Waals surface area contributed by atoms with Crippen LogP contribution < -0.4 is 5.73 Å². The predicted octanol–water partition coefficient (Wildman–Crippen LogP) is 3.15. The molecular formula is C15H11ClN2O2. The van der Waals surface area contributed by atoms with Crippen molar-refractivity contribution in [1.82, 2.24) is 0 Å². The molecule has 0 aliphatic heterocycles. The highest BCUT2D eigenvalue weighted by Gasteiger charge is 2.14. The van der Waals surface area contributed by atoms with Crippen LogP contribution in [0.4, 0.5) is 5.69 Å². The van der Waals surface area contributed by atoms with E-state index in [0.29, 0.717) is 16.8 Å². The first kappa shape index (κ1) is 13.9. The molecule has 2 aromatic carbocycles. The number of carbonyl (C=O) groups excluding carboxylic acids is 1. The summed E-state index contributed by atoms with van der Waals surface area (Å²) in [6.07, 6.45) is 0. The van der Waals surface area contributed by atoms with Crippen LogP contribution in [0, 0.1) is 11.3 Å². The third kappa shape index (κ3) is 2.90. The maximum atomic E-state index is 11.9. The molecule has 2 aromatic rings. The zero-order valence-electron chi connectivity index (χ0n) is 10.5. The van der Waals surface area contributed by atoms with Gasteiger partial charge in [-0.1, -0.05) is 35.9 Å². The molecule has 0 bridgehead atoms. The van der Waals surface area contributed by atoms with E-state index in [2.05, 4.69) is 0 Å². The van der Waals surface area contributed by atoms with Crippen molar-refractivity contribution in [2.24, 2.45) is 0 Å². The van der Waals surface area contributed by atoms with Gasteiger partial charge in [-0.3, -0.25) is 0 Å². The lowest BCUT2D eigenvalue weighted by atomic mass is 10.1. The lowest BCUT2D eigenvalue weighted by Crippen LogP contribution is -2.07. The highest BCUT2D eigenvalue weighted by molar-refractivity contribution is 6.36. The number of ether oxygens (including phenoxy) is 1. The first-order valence-corrected chi connectivity index (χ1v) is 6.20. The number of rotatable bonds is 3. The molecule has 0 unspecified atom stereocenters. The number of nitrogens with zero attached hydrogens (tertiary/aromatic N) is 1. The van der Waals surface area contributed by atoms with E-state index in [1.807, 2.05) is 6.07 Å². The van der Waals surface area contributed by atoms with E-state index >= 15 is 0 Å². The summed E-state index contributed by atoms with van der Waals surface area (Å²) in [5.41, 5.74) is 7.27. The summed E-state index contributed by atoms with van der Waals surface area (Å²) in [6, 6.07) is 13.7. The molecule has 2 N–H and O–H groups in total. The Morgan fingerprint density at radius 3 is 2.75 bits per heavy atom. The van der Waals surface area contributed by atoms with E-state index in [0.717, 1.165) is 0 Å². The van der Waals surface area contributed by atoms with E-state index < -0.39 is 5.97 Å². The number of hydrogen-bond donors (Lipinski definition) is 1. The highest BCUT2D eigenvalue weighted by Crippen LogP contribution is 2.24. The van der Waals surface area contributed by atoms with Gasteiger partial charge in [0, 0.05) is 5.56 Å². The van der Waals surface area contributed by atoms with Crippen LogP contribution in [0.3, 0.4) is 0 Å². The monoisotopic (exact) mass is 286 g/mol. The van der Waals surface area contributed by atoms with Gasteiger partial charge in [-0.05, 0) is 18.2 Å². The summed E-state index contributed by atoms with van der Waals surface area (Å²) in [6.45, 7) is 0.00763. The Balaban J connectivity index is 2.13. The van der Waals surface area contributed by atoms with Crippen LogP contribution in [-0.4, -0.2) is 5.97 Å². The molecule has 0 aliphatic rings. The average Bonchev–Trinajstić information content (AvgIpc) is 2.48. The smallest absolute Gasteiger partial charge is 0.340 e. The van der Waals surface area contributed by atoms with Crippen molar-refractivity contribution in [2.45, 2.75) is 6.61 Å². The van der Waals surface area contributed by atoms with Crippen LogP contribution in [0.5, 0.6) is 0 Å². The van der Waals surface area contributed by atoms with Gasteiger partial charge in [0.1, 0.15) is 6.61 Å². The number of hydrogen-bond acceptors (Lipinski definition) is 4. The van der Waals surface area contributed by atoms with Crippen molar-refractivity contribution in [1.29, 1.82) is 5.26 Å². The number of nitriles is 1. The molecule has 20 heavy (non-hydrogen) atoms.